The summed E-state index contributed by atoms with van der Waals surface area (Å²) in [6, 6.07) is 13.6. The molecule has 3 N–H and O–H groups in total. The van der Waals surface area contributed by atoms with Crippen molar-refractivity contribution in [2.45, 2.75) is 39.3 Å². The van der Waals surface area contributed by atoms with E-state index in [1.807, 2.05) is 38.1 Å². The molecule has 0 spiro atoms. The lowest BCUT2D eigenvalue weighted by Crippen LogP contribution is -2.41. The van der Waals surface area contributed by atoms with Crippen molar-refractivity contribution in [2.24, 2.45) is 4.99 Å². The summed E-state index contributed by atoms with van der Waals surface area (Å²) in [5, 5.41) is 9.34. The number of carbonyl (C=O) groups excluding carboxylic acids is 1. The fraction of sp³-hybridized carbons (Fsp3) is 0.364. The standard InChI is InChI=1S/C22H29FN4O2/c1-4-6-21(28)27-19-8-5-7-17(13-19)15-26-22(24-3)25-14-16(2)29-20-11-9-18(23)10-12-20/h5,7-13,16H,4,6,14-15H2,1-3H3,(H,27,28)(H2,24,25,26). The van der Waals surface area contributed by atoms with Gasteiger partial charge in [0.15, 0.2) is 5.96 Å². The third-order valence-electron chi connectivity index (χ3n) is 4.08. The molecule has 1 unspecified atom stereocenters. The Labute approximate surface area is 171 Å². The molecule has 156 valence electrons. The van der Waals surface area contributed by atoms with E-state index in [9.17, 15) is 9.18 Å². The van der Waals surface area contributed by atoms with E-state index < -0.39 is 0 Å². The number of amides is 1. The Morgan fingerprint density at radius 1 is 1.17 bits per heavy atom. The van der Waals surface area contributed by atoms with Crippen LogP contribution in [0.5, 0.6) is 5.75 Å². The maximum atomic E-state index is 13.0. The summed E-state index contributed by atoms with van der Waals surface area (Å²) in [7, 11) is 1.70. The van der Waals surface area contributed by atoms with Crippen LogP contribution >= 0.6 is 0 Å². The number of benzene rings is 2. The highest BCUT2D eigenvalue weighted by molar-refractivity contribution is 5.90. The third kappa shape index (κ3) is 8.21. The van der Waals surface area contributed by atoms with Gasteiger partial charge in [0.1, 0.15) is 17.7 Å². The molecule has 0 aromatic heterocycles. The SMILES string of the molecule is CCCC(=O)Nc1cccc(CNC(=NC)NCC(C)Oc2ccc(F)cc2)c1. The second-order valence-corrected chi connectivity index (χ2v) is 6.69. The Hall–Kier alpha value is -3.09. The zero-order valence-electron chi connectivity index (χ0n) is 17.2. The van der Waals surface area contributed by atoms with Crippen LogP contribution in [0.2, 0.25) is 0 Å². The maximum absolute atomic E-state index is 13.0. The molecule has 0 aliphatic rings. The summed E-state index contributed by atoms with van der Waals surface area (Å²) < 4.78 is 18.7. The third-order valence-corrected chi connectivity index (χ3v) is 4.08. The Balaban J connectivity index is 1.79. The minimum absolute atomic E-state index is 0.0187. The Bertz CT molecular complexity index is 809. The van der Waals surface area contributed by atoms with Gasteiger partial charge in [0.05, 0.1) is 6.54 Å². The van der Waals surface area contributed by atoms with Crippen LogP contribution in [0.3, 0.4) is 0 Å². The minimum Gasteiger partial charge on any atom is -0.489 e. The quantitative estimate of drug-likeness (QED) is 0.443. The number of hydrogen-bond donors (Lipinski definition) is 3. The van der Waals surface area contributed by atoms with Crippen molar-refractivity contribution < 1.29 is 13.9 Å². The summed E-state index contributed by atoms with van der Waals surface area (Å²) >= 11 is 0. The van der Waals surface area contributed by atoms with Crippen molar-refractivity contribution in [2.75, 3.05) is 18.9 Å². The molecular weight excluding hydrogens is 371 g/mol. The number of rotatable bonds is 9. The number of hydrogen-bond acceptors (Lipinski definition) is 3. The fourth-order valence-electron chi connectivity index (χ4n) is 2.64. The Morgan fingerprint density at radius 3 is 2.62 bits per heavy atom. The van der Waals surface area contributed by atoms with Crippen molar-refractivity contribution in [3.8, 4) is 5.75 Å². The van der Waals surface area contributed by atoms with Crippen LogP contribution in [0.15, 0.2) is 53.5 Å². The zero-order chi connectivity index (χ0) is 21.1. The van der Waals surface area contributed by atoms with E-state index in [1.165, 1.54) is 12.1 Å². The normalized spacial score (nSPS) is 12.2. The lowest BCUT2D eigenvalue weighted by molar-refractivity contribution is -0.116. The molecule has 0 fully saturated rings. The van der Waals surface area contributed by atoms with E-state index in [2.05, 4.69) is 20.9 Å². The van der Waals surface area contributed by atoms with Crippen LogP contribution < -0.4 is 20.7 Å². The number of halogens is 1. The van der Waals surface area contributed by atoms with Gasteiger partial charge in [-0.2, -0.15) is 0 Å². The molecule has 1 atom stereocenters. The molecule has 0 heterocycles. The van der Waals surface area contributed by atoms with Gasteiger partial charge in [-0.25, -0.2) is 4.39 Å². The minimum atomic E-state index is -0.290. The summed E-state index contributed by atoms with van der Waals surface area (Å²) in [6.07, 6.45) is 1.20. The first-order chi connectivity index (χ1) is 14.0. The van der Waals surface area contributed by atoms with E-state index >= 15 is 0 Å². The highest BCUT2D eigenvalue weighted by atomic mass is 19.1. The second kappa shape index (κ2) is 11.7. The van der Waals surface area contributed by atoms with Gasteiger partial charge >= 0.3 is 0 Å². The van der Waals surface area contributed by atoms with Crippen LogP contribution in [-0.4, -0.2) is 31.6 Å². The Morgan fingerprint density at radius 2 is 1.93 bits per heavy atom. The van der Waals surface area contributed by atoms with Gasteiger partial charge in [-0.1, -0.05) is 19.1 Å². The molecule has 0 saturated heterocycles. The molecule has 29 heavy (non-hydrogen) atoms. The van der Waals surface area contributed by atoms with Crippen molar-refractivity contribution in [3.63, 3.8) is 0 Å². The van der Waals surface area contributed by atoms with Crippen LogP contribution in [0.4, 0.5) is 10.1 Å². The number of guanidine groups is 1. The van der Waals surface area contributed by atoms with Crippen LogP contribution in [0.25, 0.3) is 0 Å². The van der Waals surface area contributed by atoms with Crippen molar-refractivity contribution in [3.05, 3.63) is 59.9 Å². The molecule has 0 saturated carbocycles. The average molecular weight is 400 g/mol. The van der Waals surface area contributed by atoms with Gasteiger partial charge < -0.3 is 20.7 Å². The predicted octanol–water partition coefficient (Wildman–Crippen LogP) is 3.70. The summed E-state index contributed by atoms with van der Waals surface area (Å²) in [5.41, 5.74) is 1.81. The second-order valence-electron chi connectivity index (χ2n) is 6.69. The lowest BCUT2D eigenvalue weighted by atomic mass is 10.2. The number of ether oxygens (including phenoxy) is 1. The molecule has 0 aliphatic heterocycles. The monoisotopic (exact) mass is 400 g/mol. The number of anilines is 1. The van der Waals surface area contributed by atoms with Gasteiger partial charge in [-0.15, -0.1) is 0 Å². The molecule has 2 aromatic rings. The molecule has 6 nitrogen and oxygen atoms in total. The van der Waals surface area contributed by atoms with E-state index in [-0.39, 0.29) is 17.8 Å². The largest absolute Gasteiger partial charge is 0.489 e. The van der Waals surface area contributed by atoms with Crippen LogP contribution in [0.1, 0.15) is 32.3 Å². The first kappa shape index (κ1) is 22.2. The molecule has 0 aliphatic carbocycles. The summed E-state index contributed by atoms with van der Waals surface area (Å²) in [5.74, 6) is 0.984. The van der Waals surface area contributed by atoms with E-state index in [1.54, 1.807) is 19.2 Å². The molecule has 2 aromatic carbocycles. The van der Waals surface area contributed by atoms with Crippen molar-refractivity contribution >= 4 is 17.6 Å². The number of aliphatic imine (C=N–C) groups is 1. The van der Waals surface area contributed by atoms with Crippen LogP contribution in [0, 0.1) is 5.82 Å². The van der Waals surface area contributed by atoms with Crippen molar-refractivity contribution in [1.82, 2.24) is 10.6 Å². The van der Waals surface area contributed by atoms with E-state index in [4.69, 9.17) is 4.74 Å². The summed E-state index contributed by atoms with van der Waals surface area (Å²) in [4.78, 5) is 16.0. The smallest absolute Gasteiger partial charge is 0.224 e. The van der Waals surface area contributed by atoms with Gasteiger partial charge in [0.25, 0.3) is 0 Å². The van der Waals surface area contributed by atoms with E-state index in [0.717, 1.165) is 17.7 Å². The van der Waals surface area contributed by atoms with Gasteiger partial charge in [-0.05, 0) is 55.3 Å². The highest BCUT2D eigenvalue weighted by Gasteiger charge is 2.07. The Kier molecular flexibility index (Phi) is 8.95. The molecule has 1 amide bonds. The molecular formula is C22H29FN4O2. The average Bonchev–Trinajstić information content (AvgIpc) is 2.70. The zero-order valence-corrected chi connectivity index (χ0v) is 17.2. The van der Waals surface area contributed by atoms with Gasteiger partial charge in [0, 0.05) is 25.7 Å². The molecule has 2 rings (SSSR count). The van der Waals surface area contributed by atoms with E-state index in [0.29, 0.717) is 31.2 Å². The number of carbonyl (C=O) groups is 1. The maximum Gasteiger partial charge on any atom is 0.224 e. The lowest BCUT2D eigenvalue weighted by Gasteiger charge is -2.18. The van der Waals surface area contributed by atoms with Crippen LogP contribution in [-0.2, 0) is 11.3 Å². The number of nitrogens with zero attached hydrogens (tertiary/aromatic N) is 1. The molecule has 0 radical (unpaired) electrons. The van der Waals surface area contributed by atoms with Gasteiger partial charge in [0.2, 0.25) is 5.91 Å². The topological polar surface area (TPSA) is 74.8 Å². The predicted molar refractivity (Wildman–Crippen MR) is 115 cm³/mol. The first-order valence-electron chi connectivity index (χ1n) is 9.75. The molecule has 7 heteroatoms. The first-order valence-corrected chi connectivity index (χ1v) is 9.75. The molecule has 0 bridgehead atoms. The van der Waals surface area contributed by atoms with Gasteiger partial charge in [-0.3, -0.25) is 9.79 Å². The van der Waals surface area contributed by atoms with Crippen molar-refractivity contribution in [1.29, 1.82) is 0 Å². The fourth-order valence-corrected chi connectivity index (χ4v) is 2.64. The number of nitrogens with one attached hydrogen (secondary N) is 3. The highest BCUT2D eigenvalue weighted by Crippen LogP contribution is 2.13. The summed E-state index contributed by atoms with van der Waals surface area (Å²) in [6.45, 7) is 4.99.